The van der Waals surface area contributed by atoms with Crippen LogP contribution in [0.2, 0.25) is 0 Å². The predicted octanol–water partition coefficient (Wildman–Crippen LogP) is 2.53. The van der Waals surface area contributed by atoms with Gasteiger partial charge in [0.2, 0.25) is 5.91 Å². The van der Waals surface area contributed by atoms with Crippen LogP contribution >= 0.6 is 0 Å². The van der Waals surface area contributed by atoms with E-state index in [4.69, 9.17) is 0 Å². The Morgan fingerprint density at radius 3 is 2.75 bits per heavy atom. The van der Waals surface area contributed by atoms with Crippen LogP contribution in [-0.2, 0) is 17.8 Å². The summed E-state index contributed by atoms with van der Waals surface area (Å²) in [6, 6.07) is 10.1. The van der Waals surface area contributed by atoms with E-state index in [1.54, 1.807) is 12.4 Å². The molecule has 1 amide bonds. The molecule has 0 unspecified atom stereocenters. The summed E-state index contributed by atoms with van der Waals surface area (Å²) in [6.45, 7) is 2.97. The fourth-order valence-electron chi connectivity index (χ4n) is 2.97. The molecule has 2 aromatic rings. The average molecular weight is 324 g/mol. The number of fused-ring (bicyclic) bond motifs is 1. The van der Waals surface area contributed by atoms with Crippen molar-refractivity contribution in [2.45, 2.75) is 19.4 Å². The van der Waals surface area contributed by atoms with Gasteiger partial charge in [0.15, 0.2) is 0 Å². The van der Waals surface area contributed by atoms with Crippen molar-refractivity contribution in [1.29, 1.82) is 0 Å². The highest BCUT2D eigenvalue weighted by molar-refractivity contribution is 5.91. The lowest BCUT2D eigenvalue weighted by Gasteiger charge is -2.20. The van der Waals surface area contributed by atoms with Crippen LogP contribution in [0.25, 0.3) is 0 Å². The van der Waals surface area contributed by atoms with Gasteiger partial charge in [0.1, 0.15) is 0 Å². The normalized spacial score (nSPS) is 14.8. The smallest absolute Gasteiger partial charge is 0.224 e. The molecule has 0 radical (unpaired) electrons. The standard InChI is InChI=1S/C19H24N4O/c1-22-11-12-23(2)18-13-17(5-4-16(18)14-22)21-19(24)6-3-15-7-9-20-10-8-15/h4-5,7-10,13H,3,6,11-12,14H2,1-2H3,(H,21,24). The molecular weight excluding hydrogens is 300 g/mol. The zero-order valence-corrected chi connectivity index (χ0v) is 14.3. The second kappa shape index (κ2) is 7.45. The van der Waals surface area contributed by atoms with Gasteiger partial charge in [-0.1, -0.05) is 6.07 Å². The number of pyridine rings is 1. The first-order valence-electron chi connectivity index (χ1n) is 8.33. The van der Waals surface area contributed by atoms with Gasteiger partial charge in [-0.25, -0.2) is 0 Å². The summed E-state index contributed by atoms with van der Waals surface area (Å²) in [5, 5.41) is 3.02. The van der Waals surface area contributed by atoms with Gasteiger partial charge in [0.05, 0.1) is 0 Å². The van der Waals surface area contributed by atoms with Crippen molar-refractivity contribution in [3.8, 4) is 0 Å². The highest BCUT2D eigenvalue weighted by atomic mass is 16.1. The molecule has 3 rings (SSSR count). The largest absolute Gasteiger partial charge is 0.373 e. The van der Waals surface area contributed by atoms with Gasteiger partial charge in [-0.15, -0.1) is 0 Å². The molecule has 0 saturated carbocycles. The summed E-state index contributed by atoms with van der Waals surface area (Å²) in [5.74, 6) is 0.0418. The van der Waals surface area contributed by atoms with Crippen molar-refractivity contribution in [2.75, 3.05) is 37.4 Å². The fraction of sp³-hybridized carbons (Fsp3) is 0.368. The highest BCUT2D eigenvalue weighted by Gasteiger charge is 2.16. The van der Waals surface area contributed by atoms with Gasteiger partial charge >= 0.3 is 0 Å². The summed E-state index contributed by atoms with van der Waals surface area (Å²) in [6.07, 6.45) is 4.71. The maximum absolute atomic E-state index is 12.2. The van der Waals surface area contributed by atoms with E-state index in [2.05, 4.69) is 46.3 Å². The molecule has 1 aromatic heterocycles. The number of aryl methyl sites for hydroxylation is 1. The molecule has 0 bridgehead atoms. The number of rotatable bonds is 4. The molecule has 0 atom stereocenters. The van der Waals surface area contributed by atoms with E-state index >= 15 is 0 Å². The van der Waals surface area contributed by atoms with Crippen LogP contribution in [0, 0.1) is 0 Å². The molecule has 5 heteroatoms. The van der Waals surface area contributed by atoms with Crippen LogP contribution in [0.15, 0.2) is 42.7 Å². The van der Waals surface area contributed by atoms with Gasteiger partial charge < -0.3 is 15.1 Å². The van der Waals surface area contributed by atoms with E-state index in [9.17, 15) is 4.79 Å². The van der Waals surface area contributed by atoms with Crippen molar-refractivity contribution in [2.24, 2.45) is 0 Å². The van der Waals surface area contributed by atoms with Crippen molar-refractivity contribution < 1.29 is 4.79 Å². The fourth-order valence-corrected chi connectivity index (χ4v) is 2.97. The monoisotopic (exact) mass is 324 g/mol. The van der Waals surface area contributed by atoms with E-state index in [0.29, 0.717) is 6.42 Å². The third kappa shape index (κ3) is 4.11. The van der Waals surface area contributed by atoms with E-state index in [1.807, 2.05) is 18.2 Å². The molecular formula is C19H24N4O. The molecule has 126 valence electrons. The Balaban J connectivity index is 1.64. The summed E-state index contributed by atoms with van der Waals surface area (Å²) >= 11 is 0. The van der Waals surface area contributed by atoms with E-state index in [1.165, 1.54) is 11.3 Å². The van der Waals surface area contributed by atoms with Crippen LogP contribution in [0.4, 0.5) is 11.4 Å². The van der Waals surface area contributed by atoms with E-state index in [0.717, 1.165) is 37.3 Å². The van der Waals surface area contributed by atoms with Crippen LogP contribution < -0.4 is 10.2 Å². The lowest BCUT2D eigenvalue weighted by molar-refractivity contribution is -0.116. The maximum Gasteiger partial charge on any atom is 0.224 e. The van der Waals surface area contributed by atoms with Gasteiger partial charge in [0.25, 0.3) is 0 Å². The zero-order valence-electron chi connectivity index (χ0n) is 14.3. The van der Waals surface area contributed by atoms with Crippen LogP contribution in [0.5, 0.6) is 0 Å². The quantitative estimate of drug-likeness (QED) is 0.939. The minimum Gasteiger partial charge on any atom is -0.373 e. The third-order valence-corrected chi connectivity index (χ3v) is 4.43. The van der Waals surface area contributed by atoms with Crippen molar-refractivity contribution in [3.05, 3.63) is 53.9 Å². The molecule has 0 spiro atoms. The number of hydrogen-bond donors (Lipinski definition) is 1. The highest BCUT2D eigenvalue weighted by Crippen LogP contribution is 2.27. The average Bonchev–Trinajstić information content (AvgIpc) is 2.73. The van der Waals surface area contributed by atoms with Gasteiger partial charge in [0, 0.05) is 56.9 Å². The predicted molar refractivity (Wildman–Crippen MR) is 97.2 cm³/mol. The Hall–Kier alpha value is -2.40. The number of amides is 1. The number of nitrogens with zero attached hydrogens (tertiary/aromatic N) is 3. The number of anilines is 2. The first kappa shape index (κ1) is 16.5. The molecule has 1 N–H and O–H groups in total. The Labute approximate surface area is 143 Å². The third-order valence-electron chi connectivity index (χ3n) is 4.43. The van der Waals surface area contributed by atoms with Gasteiger partial charge in [-0.3, -0.25) is 9.78 Å². The Morgan fingerprint density at radius 2 is 1.96 bits per heavy atom. The molecule has 24 heavy (non-hydrogen) atoms. The van der Waals surface area contributed by atoms with Crippen LogP contribution in [-0.4, -0.2) is 43.0 Å². The number of likely N-dealkylation sites (N-methyl/N-ethyl adjacent to an activating group) is 2. The second-order valence-electron chi connectivity index (χ2n) is 6.41. The van der Waals surface area contributed by atoms with Gasteiger partial charge in [-0.2, -0.15) is 0 Å². The zero-order chi connectivity index (χ0) is 16.9. The molecule has 5 nitrogen and oxygen atoms in total. The van der Waals surface area contributed by atoms with Crippen molar-refractivity contribution >= 4 is 17.3 Å². The maximum atomic E-state index is 12.2. The molecule has 1 aliphatic heterocycles. The Kier molecular flexibility index (Phi) is 5.11. The van der Waals surface area contributed by atoms with Crippen LogP contribution in [0.3, 0.4) is 0 Å². The number of carbonyl (C=O) groups is 1. The van der Waals surface area contributed by atoms with E-state index in [-0.39, 0.29) is 5.91 Å². The van der Waals surface area contributed by atoms with E-state index < -0.39 is 0 Å². The number of carbonyl (C=O) groups excluding carboxylic acids is 1. The lowest BCUT2D eigenvalue weighted by Crippen LogP contribution is -2.26. The molecule has 1 aliphatic rings. The second-order valence-corrected chi connectivity index (χ2v) is 6.41. The minimum absolute atomic E-state index is 0.0418. The van der Waals surface area contributed by atoms with Crippen molar-refractivity contribution in [1.82, 2.24) is 9.88 Å². The first-order valence-corrected chi connectivity index (χ1v) is 8.33. The number of nitrogens with one attached hydrogen (secondary N) is 1. The Bertz CT molecular complexity index is 702. The number of aromatic nitrogens is 1. The molecule has 0 aliphatic carbocycles. The number of hydrogen-bond acceptors (Lipinski definition) is 4. The first-order chi connectivity index (χ1) is 11.6. The summed E-state index contributed by atoms with van der Waals surface area (Å²) in [4.78, 5) is 20.8. The topological polar surface area (TPSA) is 48.5 Å². The summed E-state index contributed by atoms with van der Waals surface area (Å²) in [7, 11) is 4.24. The molecule has 2 heterocycles. The number of benzene rings is 1. The van der Waals surface area contributed by atoms with Crippen LogP contribution in [0.1, 0.15) is 17.5 Å². The summed E-state index contributed by atoms with van der Waals surface area (Å²) < 4.78 is 0. The molecule has 0 saturated heterocycles. The lowest BCUT2D eigenvalue weighted by atomic mass is 10.1. The van der Waals surface area contributed by atoms with Gasteiger partial charge in [-0.05, 0) is 48.9 Å². The van der Waals surface area contributed by atoms with Crippen molar-refractivity contribution in [3.63, 3.8) is 0 Å². The Morgan fingerprint density at radius 1 is 1.17 bits per heavy atom. The minimum atomic E-state index is 0.0418. The summed E-state index contributed by atoms with van der Waals surface area (Å²) in [5.41, 5.74) is 4.49. The SMILES string of the molecule is CN1CCN(C)c2cc(NC(=O)CCc3ccncc3)ccc2C1. The molecule has 1 aromatic carbocycles. The molecule has 0 fully saturated rings.